The van der Waals surface area contributed by atoms with Crippen molar-refractivity contribution in [2.45, 2.75) is 18.9 Å². The quantitative estimate of drug-likeness (QED) is 0.655. The first-order valence-electron chi connectivity index (χ1n) is 6.97. The molecule has 1 aromatic rings. The predicted molar refractivity (Wildman–Crippen MR) is 77.4 cm³/mol. The minimum absolute atomic E-state index is 0.0225. The standard InChI is InChI=1S/C13H17N5O3/c1-14-11-6-10(18(20)21)7-12(15-11)16-4-5-17-9(8-16)2-3-13(17)19/h6-7,9H,2-5,8H2,1H3,(H,14,15). The fourth-order valence-corrected chi connectivity index (χ4v) is 2.97. The molecule has 112 valence electrons. The number of carbonyl (C=O) groups excluding carboxylic acids is 1. The summed E-state index contributed by atoms with van der Waals surface area (Å²) < 4.78 is 0. The van der Waals surface area contributed by atoms with Gasteiger partial charge in [-0.2, -0.15) is 0 Å². The number of hydrogen-bond donors (Lipinski definition) is 1. The Kier molecular flexibility index (Phi) is 3.36. The van der Waals surface area contributed by atoms with Crippen molar-refractivity contribution in [3.05, 3.63) is 22.2 Å². The zero-order valence-electron chi connectivity index (χ0n) is 11.8. The molecule has 2 fully saturated rings. The maximum absolute atomic E-state index is 11.7. The van der Waals surface area contributed by atoms with E-state index in [9.17, 15) is 14.9 Å². The average molecular weight is 291 g/mol. The number of nitrogens with zero attached hydrogens (tertiary/aromatic N) is 4. The highest BCUT2D eigenvalue weighted by molar-refractivity contribution is 5.79. The van der Waals surface area contributed by atoms with E-state index in [2.05, 4.69) is 10.3 Å². The van der Waals surface area contributed by atoms with Crippen LogP contribution < -0.4 is 10.2 Å². The van der Waals surface area contributed by atoms with Crippen LogP contribution in [0.1, 0.15) is 12.8 Å². The number of hydrogen-bond acceptors (Lipinski definition) is 6. The fraction of sp³-hybridized carbons (Fsp3) is 0.538. The van der Waals surface area contributed by atoms with Crippen molar-refractivity contribution in [3.8, 4) is 0 Å². The van der Waals surface area contributed by atoms with Crippen LogP contribution in [0.25, 0.3) is 0 Å². The van der Waals surface area contributed by atoms with Crippen LogP contribution >= 0.6 is 0 Å². The van der Waals surface area contributed by atoms with E-state index in [0.29, 0.717) is 37.7 Å². The van der Waals surface area contributed by atoms with Crippen LogP contribution in [0.15, 0.2) is 12.1 Å². The average Bonchev–Trinajstić information content (AvgIpc) is 2.87. The van der Waals surface area contributed by atoms with E-state index < -0.39 is 4.92 Å². The third kappa shape index (κ3) is 2.48. The first-order valence-corrected chi connectivity index (χ1v) is 6.97. The van der Waals surface area contributed by atoms with E-state index >= 15 is 0 Å². The molecule has 0 bridgehead atoms. The van der Waals surface area contributed by atoms with Crippen LogP contribution in [0, 0.1) is 10.1 Å². The molecule has 1 aromatic heterocycles. The Morgan fingerprint density at radius 3 is 2.95 bits per heavy atom. The molecule has 8 nitrogen and oxygen atoms in total. The van der Waals surface area contributed by atoms with E-state index in [-0.39, 0.29) is 17.6 Å². The van der Waals surface area contributed by atoms with Gasteiger partial charge in [-0.3, -0.25) is 14.9 Å². The summed E-state index contributed by atoms with van der Waals surface area (Å²) in [6, 6.07) is 3.11. The number of aromatic nitrogens is 1. The van der Waals surface area contributed by atoms with Crippen molar-refractivity contribution >= 4 is 23.2 Å². The Labute approximate surface area is 121 Å². The molecule has 8 heteroatoms. The molecule has 1 atom stereocenters. The van der Waals surface area contributed by atoms with Crippen LogP contribution in [0.5, 0.6) is 0 Å². The second-order valence-corrected chi connectivity index (χ2v) is 5.30. The normalized spacial score (nSPS) is 21.4. The van der Waals surface area contributed by atoms with Gasteiger partial charge in [-0.05, 0) is 6.42 Å². The molecule has 0 aliphatic carbocycles. The molecule has 21 heavy (non-hydrogen) atoms. The van der Waals surface area contributed by atoms with Gasteiger partial charge in [0.05, 0.1) is 17.1 Å². The molecule has 1 unspecified atom stereocenters. The van der Waals surface area contributed by atoms with Crippen LogP contribution in [0.2, 0.25) is 0 Å². The van der Waals surface area contributed by atoms with Gasteiger partial charge in [0.2, 0.25) is 5.91 Å². The predicted octanol–water partition coefficient (Wildman–Crippen LogP) is 0.842. The Bertz CT molecular complexity index is 591. The lowest BCUT2D eigenvalue weighted by Gasteiger charge is -2.38. The van der Waals surface area contributed by atoms with Gasteiger partial charge in [-0.1, -0.05) is 0 Å². The number of anilines is 2. The largest absolute Gasteiger partial charge is 0.373 e. The molecule has 0 radical (unpaired) electrons. The van der Waals surface area contributed by atoms with E-state index in [4.69, 9.17) is 0 Å². The molecule has 2 aliphatic rings. The van der Waals surface area contributed by atoms with E-state index in [1.807, 2.05) is 9.80 Å². The summed E-state index contributed by atoms with van der Waals surface area (Å²) in [6.07, 6.45) is 1.45. The second-order valence-electron chi connectivity index (χ2n) is 5.30. The molecular weight excluding hydrogens is 274 g/mol. The Morgan fingerprint density at radius 1 is 1.43 bits per heavy atom. The van der Waals surface area contributed by atoms with E-state index in [1.54, 1.807) is 7.05 Å². The van der Waals surface area contributed by atoms with Gasteiger partial charge < -0.3 is 15.1 Å². The number of amides is 1. The number of fused-ring (bicyclic) bond motifs is 1. The van der Waals surface area contributed by atoms with E-state index in [0.717, 1.165) is 6.42 Å². The molecular formula is C13H17N5O3. The summed E-state index contributed by atoms with van der Waals surface area (Å²) in [7, 11) is 1.68. The molecule has 2 saturated heterocycles. The van der Waals surface area contributed by atoms with Gasteiger partial charge in [0.1, 0.15) is 11.6 Å². The lowest BCUT2D eigenvalue weighted by Crippen LogP contribution is -2.51. The maximum atomic E-state index is 11.7. The van der Waals surface area contributed by atoms with Crippen molar-refractivity contribution in [1.29, 1.82) is 0 Å². The third-order valence-corrected chi connectivity index (χ3v) is 4.08. The maximum Gasteiger partial charge on any atom is 0.276 e. The summed E-state index contributed by atoms with van der Waals surface area (Å²) in [5, 5.41) is 13.9. The highest BCUT2D eigenvalue weighted by atomic mass is 16.6. The van der Waals surface area contributed by atoms with Crippen LogP contribution in [0.4, 0.5) is 17.3 Å². The zero-order chi connectivity index (χ0) is 15.0. The first kappa shape index (κ1) is 13.6. The number of nitrogens with one attached hydrogen (secondary N) is 1. The first-order chi connectivity index (χ1) is 10.1. The van der Waals surface area contributed by atoms with Crippen LogP contribution in [0.3, 0.4) is 0 Å². The lowest BCUT2D eigenvalue weighted by molar-refractivity contribution is -0.384. The van der Waals surface area contributed by atoms with E-state index in [1.165, 1.54) is 12.1 Å². The highest BCUT2D eigenvalue weighted by Gasteiger charge is 2.36. The lowest BCUT2D eigenvalue weighted by atomic mass is 10.1. The van der Waals surface area contributed by atoms with Crippen molar-refractivity contribution in [1.82, 2.24) is 9.88 Å². The van der Waals surface area contributed by atoms with Crippen LogP contribution in [-0.2, 0) is 4.79 Å². The van der Waals surface area contributed by atoms with Gasteiger partial charge in [-0.15, -0.1) is 0 Å². The molecule has 0 aromatic carbocycles. The van der Waals surface area contributed by atoms with Crippen molar-refractivity contribution in [2.75, 3.05) is 36.9 Å². The SMILES string of the molecule is CNc1cc([N+](=O)[O-])cc(N2CCN3C(=O)CCC3C2)n1. The van der Waals surface area contributed by atoms with Crippen LogP contribution in [-0.4, -0.2) is 53.4 Å². The summed E-state index contributed by atoms with van der Waals surface area (Å²) in [5.74, 6) is 1.28. The Morgan fingerprint density at radius 2 is 2.24 bits per heavy atom. The van der Waals surface area contributed by atoms with Gasteiger partial charge in [0.25, 0.3) is 5.69 Å². The van der Waals surface area contributed by atoms with Gasteiger partial charge >= 0.3 is 0 Å². The Hall–Kier alpha value is -2.38. The summed E-state index contributed by atoms with van der Waals surface area (Å²) >= 11 is 0. The minimum Gasteiger partial charge on any atom is -0.373 e. The van der Waals surface area contributed by atoms with Gasteiger partial charge in [-0.25, -0.2) is 4.98 Å². The van der Waals surface area contributed by atoms with Crippen molar-refractivity contribution in [2.24, 2.45) is 0 Å². The highest BCUT2D eigenvalue weighted by Crippen LogP contribution is 2.28. The number of piperazine rings is 1. The number of pyridine rings is 1. The van der Waals surface area contributed by atoms with Crippen molar-refractivity contribution < 1.29 is 9.72 Å². The molecule has 2 aliphatic heterocycles. The number of carbonyl (C=O) groups is 1. The van der Waals surface area contributed by atoms with Crippen molar-refractivity contribution in [3.63, 3.8) is 0 Å². The monoisotopic (exact) mass is 291 g/mol. The molecule has 1 amide bonds. The zero-order valence-corrected chi connectivity index (χ0v) is 11.8. The topological polar surface area (TPSA) is 91.6 Å². The summed E-state index contributed by atoms with van der Waals surface area (Å²) in [4.78, 5) is 30.6. The fourth-order valence-electron chi connectivity index (χ4n) is 2.97. The molecule has 0 spiro atoms. The minimum atomic E-state index is -0.415. The summed E-state index contributed by atoms with van der Waals surface area (Å²) in [5.41, 5.74) is 0.0225. The molecule has 0 saturated carbocycles. The number of nitro groups is 1. The van der Waals surface area contributed by atoms with Gasteiger partial charge in [0.15, 0.2) is 0 Å². The Balaban J connectivity index is 1.85. The summed E-state index contributed by atoms with van der Waals surface area (Å²) in [6.45, 7) is 1.99. The molecule has 3 heterocycles. The molecule has 3 rings (SSSR count). The van der Waals surface area contributed by atoms with Gasteiger partial charge in [0, 0.05) is 39.1 Å². The number of rotatable bonds is 3. The smallest absolute Gasteiger partial charge is 0.276 e. The third-order valence-electron chi connectivity index (χ3n) is 4.08. The second kappa shape index (κ2) is 5.19. The molecule has 1 N–H and O–H groups in total.